The number of fused-ring (bicyclic) bond motifs is 1. The first-order valence-corrected chi connectivity index (χ1v) is 6.38. The Morgan fingerprint density at radius 1 is 1.40 bits per heavy atom. The van der Waals surface area contributed by atoms with Gasteiger partial charge in [0.05, 0.1) is 6.54 Å². The molecule has 20 heavy (non-hydrogen) atoms. The lowest BCUT2D eigenvalue weighted by molar-refractivity contribution is -0.134. The van der Waals surface area contributed by atoms with E-state index in [-0.39, 0.29) is 18.3 Å². The van der Waals surface area contributed by atoms with Gasteiger partial charge in [-0.25, -0.2) is 9.37 Å². The zero-order valence-corrected chi connectivity index (χ0v) is 10.8. The smallest absolute Gasteiger partial charge is 0.260 e. The fourth-order valence-electron chi connectivity index (χ4n) is 2.18. The van der Waals surface area contributed by atoms with Gasteiger partial charge in [-0.2, -0.15) is 0 Å². The van der Waals surface area contributed by atoms with Gasteiger partial charge in [0.15, 0.2) is 6.61 Å². The van der Waals surface area contributed by atoms with Crippen LogP contribution in [0.2, 0.25) is 0 Å². The largest absolute Gasteiger partial charge is 0.484 e. The predicted molar refractivity (Wildman–Crippen MR) is 69.5 cm³/mol. The lowest BCUT2D eigenvalue weighted by Gasteiger charge is -2.27. The van der Waals surface area contributed by atoms with Crippen LogP contribution in [0.15, 0.2) is 36.7 Å². The van der Waals surface area contributed by atoms with Crippen molar-refractivity contribution in [1.29, 1.82) is 0 Å². The van der Waals surface area contributed by atoms with Crippen molar-refractivity contribution in [2.45, 2.75) is 13.1 Å². The summed E-state index contributed by atoms with van der Waals surface area (Å²) in [6.07, 6.45) is 3.63. The number of ether oxygens (including phenoxy) is 1. The third-order valence-electron chi connectivity index (χ3n) is 3.26. The van der Waals surface area contributed by atoms with Gasteiger partial charge in [-0.3, -0.25) is 4.79 Å². The van der Waals surface area contributed by atoms with Crippen molar-refractivity contribution in [3.8, 4) is 5.75 Å². The van der Waals surface area contributed by atoms with Gasteiger partial charge in [0, 0.05) is 31.5 Å². The monoisotopic (exact) mass is 275 g/mol. The molecule has 0 fully saturated rings. The van der Waals surface area contributed by atoms with Gasteiger partial charge in [-0.05, 0) is 12.1 Å². The standard InChI is InChI=1S/C14H14FN3O2/c15-11-2-1-3-12(8-11)20-10-14(19)18-7-6-17-5-4-16-13(17)9-18/h1-5,8H,6-7,9-10H2. The molecule has 0 spiro atoms. The second-order valence-corrected chi connectivity index (χ2v) is 4.60. The molecule has 0 aliphatic carbocycles. The summed E-state index contributed by atoms with van der Waals surface area (Å²) in [7, 11) is 0. The molecule has 0 unspecified atom stereocenters. The van der Waals surface area contributed by atoms with E-state index in [4.69, 9.17) is 4.74 Å². The molecule has 1 aliphatic heterocycles. The highest BCUT2D eigenvalue weighted by molar-refractivity contribution is 5.77. The van der Waals surface area contributed by atoms with Crippen LogP contribution < -0.4 is 4.74 Å². The van der Waals surface area contributed by atoms with Crippen LogP contribution in [-0.4, -0.2) is 33.5 Å². The maximum Gasteiger partial charge on any atom is 0.260 e. The van der Waals surface area contributed by atoms with Crippen LogP contribution in [0.25, 0.3) is 0 Å². The Hall–Kier alpha value is -2.37. The second-order valence-electron chi connectivity index (χ2n) is 4.60. The molecule has 0 saturated heterocycles. The molecule has 104 valence electrons. The molecule has 3 rings (SSSR count). The maximum atomic E-state index is 13.0. The minimum Gasteiger partial charge on any atom is -0.484 e. The quantitative estimate of drug-likeness (QED) is 0.851. The van der Waals surface area contributed by atoms with Crippen molar-refractivity contribution in [2.75, 3.05) is 13.2 Å². The maximum absolute atomic E-state index is 13.0. The van der Waals surface area contributed by atoms with Gasteiger partial charge in [0.2, 0.25) is 0 Å². The molecule has 1 aromatic heterocycles. The average molecular weight is 275 g/mol. The van der Waals surface area contributed by atoms with Crippen molar-refractivity contribution >= 4 is 5.91 Å². The Kier molecular flexibility index (Phi) is 3.37. The van der Waals surface area contributed by atoms with Crippen LogP contribution in [0.4, 0.5) is 4.39 Å². The van der Waals surface area contributed by atoms with E-state index in [1.165, 1.54) is 12.1 Å². The van der Waals surface area contributed by atoms with E-state index < -0.39 is 0 Å². The summed E-state index contributed by atoms with van der Waals surface area (Å²) >= 11 is 0. The molecule has 0 saturated carbocycles. The van der Waals surface area contributed by atoms with Crippen LogP contribution >= 0.6 is 0 Å². The molecule has 0 bridgehead atoms. The lowest BCUT2D eigenvalue weighted by Crippen LogP contribution is -2.40. The molecule has 5 nitrogen and oxygen atoms in total. The third-order valence-corrected chi connectivity index (χ3v) is 3.26. The topological polar surface area (TPSA) is 47.4 Å². The normalized spacial score (nSPS) is 13.9. The van der Waals surface area contributed by atoms with Gasteiger partial charge in [0.25, 0.3) is 5.91 Å². The molecular weight excluding hydrogens is 261 g/mol. The number of imidazole rings is 1. The van der Waals surface area contributed by atoms with Crippen molar-refractivity contribution in [1.82, 2.24) is 14.5 Å². The van der Waals surface area contributed by atoms with E-state index in [0.29, 0.717) is 18.8 Å². The van der Waals surface area contributed by atoms with E-state index in [0.717, 1.165) is 12.4 Å². The Morgan fingerprint density at radius 3 is 3.15 bits per heavy atom. The van der Waals surface area contributed by atoms with Crippen LogP contribution in [0.3, 0.4) is 0 Å². The summed E-state index contributed by atoms with van der Waals surface area (Å²) in [5.41, 5.74) is 0. The van der Waals surface area contributed by atoms with E-state index in [1.807, 2.05) is 10.8 Å². The summed E-state index contributed by atoms with van der Waals surface area (Å²) in [6, 6.07) is 5.77. The molecule has 2 aromatic rings. The molecule has 1 aliphatic rings. The van der Waals surface area contributed by atoms with Gasteiger partial charge < -0.3 is 14.2 Å². The number of amides is 1. The van der Waals surface area contributed by atoms with Crippen molar-refractivity contribution < 1.29 is 13.9 Å². The van der Waals surface area contributed by atoms with Crippen LogP contribution in [0.5, 0.6) is 5.75 Å². The summed E-state index contributed by atoms with van der Waals surface area (Å²) in [5.74, 6) is 0.727. The third kappa shape index (κ3) is 2.64. The Bertz CT molecular complexity index is 626. The number of benzene rings is 1. The minimum absolute atomic E-state index is 0.0931. The van der Waals surface area contributed by atoms with Gasteiger partial charge in [-0.1, -0.05) is 6.07 Å². The summed E-state index contributed by atoms with van der Waals surface area (Å²) in [6.45, 7) is 1.76. The number of rotatable bonds is 3. The van der Waals surface area contributed by atoms with Crippen LogP contribution in [0.1, 0.15) is 5.82 Å². The number of nitrogens with zero attached hydrogens (tertiary/aromatic N) is 3. The Morgan fingerprint density at radius 2 is 2.30 bits per heavy atom. The van der Waals surface area contributed by atoms with Crippen molar-refractivity contribution in [3.05, 3.63) is 48.3 Å². The van der Waals surface area contributed by atoms with E-state index in [1.54, 1.807) is 23.2 Å². The average Bonchev–Trinajstić information content (AvgIpc) is 2.92. The van der Waals surface area contributed by atoms with Gasteiger partial charge >= 0.3 is 0 Å². The Balaban J connectivity index is 1.58. The number of halogens is 1. The molecule has 6 heteroatoms. The highest BCUT2D eigenvalue weighted by Crippen LogP contribution is 2.13. The molecule has 1 amide bonds. The summed E-state index contributed by atoms with van der Waals surface area (Å²) < 4.78 is 20.3. The second kappa shape index (κ2) is 5.32. The van der Waals surface area contributed by atoms with E-state index in [9.17, 15) is 9.18 Å². The SMILES string of the molecule is O=C(COc1cccc(F)c1)N1CCn2ccnc2C1. The Labute approximate surface area is 115 Å². The highest BCUT2D eigenvalue weighted by atomic mass is 19.1. The van der Waals surface area contributed by atoms with Gasteiger partial charge in [-0.15, -0.1) is 0 Å². The summed E-state index contributed by atoms with van der Waals surface area (Å²) in [4.78, 5) is 18.0. The molecule has 0 N–H and O–H groups in total. The molecule has 0 atom stereocenters. The summed E-state index contributed by atoms with van der Waals surface area (Å²) in [5, 5.41) is 0. The predicted octanol–water partition coefficient (Wildman–Crippen LogP) is 1.44. The first kappa shape index (κ1) is 12.7. The molecule has 0 radical (unpaired) electrons. The molecule has 2 heterocycles. The van der Waals surface area contributed by atoms with Crippen LogP contribution in [-0.2, 0) is 17.9 Å². The fourth-order valence-corrected chi connectivity index (χ4v) is 2.18. The fraction of sp³-hybridized carbons (Fsp3) is 0.286. The van der Waals surface area contributed by atoms with Gasteiger partial charge in [0.1, 0.15) is 17.4 Å². The number of hydrogen-bond donors (Lipinski definition) is 0. The number of hydrogen-bond acceptors (Lipinski definition) is 3. The minimum atomic E-state index is -0.380. The van der Waals surface area contributed by atoms with Crippen molar-refractivity contribution in [3.63, 3.8) is 0 Å². The number of aromatic nitrogens is 2. The van der Waals surface area contributed by atoms with E-state index in [2.05, 4.69) is 4.98 Å². The molecule has 1 aromatic carbocycles. The van der Waals surface area contributed by atoms with Crippen molar-refractivity contribution in [2.24, 2.45) is 0 Å². The zero-order chi connectivity index (χ0) is 13.9. The highest BCUT2D eigenvalue weighted by Gasteiger charge is 2.21. The molecular formula is C14H14FN3O2. The lowest BCUT2D eigenvalue weighted by atomic mass is 10.3. The van der Waals surface area contributed by atoms with E-state index >= 15 is 0 Å². The number of carbonyl (C=O) groups excluding carboxylic acids is 1. The first-order chi connectivity index (χ1) is 9.72. The first-order valence-electron chi connectivity index (χ1n) is 6.38. The zero-order valence-electron chi connectivity index (χ0n) is 10.8. The number of carbonyl (C=O) groups is 1. The van der Waals surface area contributed by atoms with Crippen LogP contribution in [0, 0.1) is 5.82 Å².